The minimum Gasteiger partial charge on any atom is -0.490 e. The van der Waals surface area contributed by atoms with E-state index in [1.165, 1.54) is 5.56 Å². The summed E-state index contributed by atoms with van der Waals surface area (Å²) in [5.41, 5.74) is 1.22. The Morgan fingerprint density at radius 3 is 3.00 bits per heavy atom. The van der Waals surface area contributed by atoms with Crippen LogP contribution in [0, 0.1) is 0 Å². The van der Waals surface area contributed by atoms with Crippen LogP contribution in [0.25, 0.3) is 0 Å². The first-order valence-corrected chi connectivity index (χ1v) is 5.31. The first-order valence-electron chi connectivity index (χ1n) is 4.78. The van der Waals surface area contributed by atoms with Crippen LogP contribution in [0.3, 0.4) is 0 Å². The van der Waals surface area contributed by atoms with Gasteiger partial charge in [-0.1, -0.05) is 18.2 Å². The van der Waals surface area contributed by atoms with Crippen molar-refractivity contribution in [1.82, 2.24) is 0 Å². The van der Waals surface area contributed by atoms with Gasteiger partial charge in [-0.2, -0.15) is 0 Å². The molecule has 0 fully saturated rings. The molecular weight excluding hydrogens is 200 g/mol. The van der Waals surface area contributed by atoms with E-state index in [1.807, 2.05) is 18.2 Å². The van der Waals surface area contributed by atoms with Crippen molar-refractivity contribution in [3.63, 3.8) is 0 Å². The van der Waals surface area contributed by atoms with Gasteiger partial charge >= 0.3 is 0 Å². The van der Waals surface area contributed by atoms with Crippen LogP contribution in [0.5, 0.6) is 5.75 Å². The molecule has 0 saturated carbocycles. The third-order valence-corrected chi connectivity index (χ3v) is 2.78. The Labute approximate surface area is 88.5 Å². The molecule has 76 valence electrons. The smallest absolute Gasteiger partial charge is 0.123 e. The van der Waals surface area contributed by atoms with E-state index in [-0.39, 0.29) is 12.0 Å². The van der Waals surface area contributed by atoms with Crippen molar-refractivity contribution in [3.05, 3.63) is 29.8 Å². The molecule has 1 aliphatic heterocycles. The quantitative estimate of drug-likeness (QED) is 0.777. The van der Waals surface area contributed by atoms with Crippen molar-refractivity contribution in [1.29, 1.82) is 0 Å². The Hall–Kier alpha value is -0.730. The van der Waals surface area contributed by atoms with Crippen LogP contribution in [0.15, 0.2) is 24.3 Å². The minimum atomic E-state index is -0.462. The Morgan fingerprint density at radius 1 is 1.50 bits per heavy atom. The van der Waals surface area contributed by atoms with Gasteiger partial charge in [-0.3, -0.25) is 0 Å². The summed E-state index contributed by atoms with van der Waals surface area (Å²) in [5, 5.41) is 9.39. The van der Waals surface area contributed by atoms with Crippen LogP contribution >= 0.6 is 11.6 Å². The first-order chi connectivity index (χ1) is 6.79. The van der Waals surface area contributed by atoms with Crippen LogP contribution in [0.4, 0.5) is 0 Å². The summed E-state index contributed by atoms with van der Waals surface area (Å²) in [6.45, 7) is 0. The number of aliphatic hydroxyl groups excluding tert-OH is 1. The third-order valence-electron chi connectivity index (χ3n) is 2.43. The third kappa shape index (κ3) is 2.02. The minimum absolute atomic E-state index is 0.0844. The lowest BCUT2D eigenvalue weighted by Gasteiger charge is -2.13. The van der Waals surface area contributed by atoms with Crippen LogP contribution < -0.4 is 4.74 Å². The van der Waals surface area contributed by atoms with Gasteiger partial charge in [0.25, 0.3) is 0 Å². The summed E-state index contributed by atoms with van der Waals surface area (Å²) in [5.74, 6) is 1.22. The van der Waals surface area contributed by atoms with E-state index in [0.29, 0.717) is 6.42 Å². The topological polar surface area (TPSA) is 29.5 Å². The van der Waals surface area contributed by atoms with E-state index in [0.717, 1.165) is 12.2 Å². The molecule has 0 unspecified atom stereocenters. The van der Waals surface area contributed by atoms with Gasteiger partial charge in [0, 0.05) is 18.7 Å². The average molecular weight is 213 g/mol. The van der Waals surface area contributed by atoms with E-state index in [2.05, 4.69) is 6.07 Å². The van der Waals surface area contributed by atoms with Crippen molar-refractivity contribution in [2.75, 3.05) is 5.88 Å². The summed E-state index contributed by atoms with van der Waals surface area (Å²) >= 11 is 5.54. The van der Waals surface area contributed by atoms with Crippen molar-refractivity contribution in [2.24, 2.45) is 0 Å². The number of aliphatic hydroxyl groups is 1. The predicted octanol–water partition coefficient (Wildman–Crippen LogP) is 1.98. The number of ether oxygens (including phenoxy) is 1. The lowest BCUT2D eigenvalue weighted by Crippen LogP contribution is -2.22. The number of benzene rings is 1. The molecule has 1 heterocycles. The molecule has 14 heavy (non-hydrogen) atoms. The van der Waals surface area contributed by atoms with Crippen LogP contribution in [-0.2, 0) is 6.42 Å². The Bertz CT molecular complexity index is 289. The van der Waals surface area contributed by atoms with Gasteiger partial charge in [-0.05, 0) is 11.6 Å². The molecule has 1 aliphatic rings. The second-order valence-electron chi connectivity index (χ2n) is 3.60. The van der Waals surface area contributed by atoms with Crippen molar-refractivity contribution >= 4 is 11.6 Å². The fourth-order valence-corrected chi connectivity index (χ4v) is 1.88. The van der Waals surface area contributed by atoms with E-state index in [9.17, 15) is 5.11 Å². The van der Waals surface area contributed by atoms with Gasteiger partial charge in [-0.15, -0.1) is 11.6 Å². The Kier molecular flexibility index (Phi) is 2.94. The Morgan fingerprint density at radius 2 is 2.29 bits per heavy atom. The summed E-state index contributed by atoms with van der Waals surface area (Å²) in [6, 6.07) is 7.98. The summed E-state index contributed by atoms with van der Waals surface area (Å²) in [7, 11) is 0. The fourth-order valence-electron chi connectivity index (χ4n) is 1.75. The molecule has 2 rings (SSSR count). The lowest BCUT2D eigenvalue weighted by atomic mass is 10.1. The summed E-state index contributed by atoms with van der Waals surface area (Å²) < 4.78 is 5.66. The van der Waals surface area contributed by atoms with Crippen LogP contribution in [-0.4, -0.2) is 23.2 Å². The molecule has 0 bridgehead atoms. The van der Waals surface area contributed by atoms with Gasteiger partial charge in [0.05, 0.1) is 6.10 Å². The highest BCUT2D eigenvalue weighted by Gasteiger charge is 2.24. The highest BCUT2D eigenvalue weighted by atomic mass is 35.5. The number of alkyl halides is 1. The molecule has 0 aromatic heterocycles. The molecule has 0 radical (unpaired) electrons. The number of hydrogen-bond acceptors (Lipinski definition) is 2. The largest absolute Gasteiger partial charge is 0.490 e. The van der Waals surface area contributed by atoms with Crippen LogP contribution in [0.1, 0.15) is 12.0 Å². The molecule has 1 aromatic rings. The first kappa shape index (κ1) is 9.81. The van der Waals surface area contributed by atoms with Gasteiger partial charge in [0.2, 0.25) is 0 Å². The molecule has 1 aromatic carbocycles. The molecule has 3 heteroatoms. The number of para-hydroxylation sites is 1. The molecule has 0 saturated heterocycles. The van der Waals surface area contributed by atoms with Gasteiger partial charge < -0.3 is 9.84 Å². The van der Waals surface area contributed by atoms with Gasteiger partial charge in [0.15, 0.2) is 0 Å². The van der Waals surface area contributed by atoms with Crippen molar-refractivity contribution < 1.29 is 9.84 Å². The summed E-state index contributed by atoms with van der Waals surface area (Å²) in [4.78, 5) is 0. The van der Waals surface area contributed by atoms with Gasteiger partial charge in [0.1, 0.15) is 11.9 Å². The maximum Gasteiger partial charge on any atom is 0.123 e. The predicted molar refractivity (Wildman–Crippen MR) is 55.9 cm³/mol. The normalized spacial score (nSPS) is 21.4. The molecule has 1 N–H and O–H groups in total. The Balaban J connectivity index is 1.98. The number of hydrogen-bond donors (Lipinski definition) is 1. The maximum absolute atomic E-state index is 9.39. The second-order valence-corrected chi connectivity index (χ2v) is 3.90. The van der Waals surface area contributed by atoms with Gasteiger partial charge in [-0.25, -0.2) is 0 Å². The molecule has 2 atom stereocenters. The molecule has 0 spiro atoms. The van der Waals surface area contributed by atoms with Crippen LogP contribution in [0.2, 0.25) is 0 Å². The average Bonchev–Trinajstić information content (AvgIpc) is 2.59. The lowest BCUT2D eigenvalue weighted by molar-refractivity contribution is 0.120. The van der Waals surface area contributed by atoms with Crippen molar-refractivity contribution in [2.45, 2.75) is 25.0 Å². The standard InChI is InChI=1S/C11H13ClO2/c12-7-9(13)6-10-5-8-3-1-2-4-11(8)14-10/h1-4,9-10,13H,5-7H2/t9-,10-/m1/s1. The van der Waals surface area contributed by atoms with E-state index >= 15 is 0 Å². The number of halogens is 1. The number of rotatable bonds is 3. The monoisotopic (exact) mass is 212 g/mol. The maximum atomic E-state index is 9.39. The number of fused-ring (bicyclic) bond motifs is 1. The molecule has 0 amide bonds. The zero-order valence-electron chi connectivity index (χ0n) is 7.82. The highest BCUT2D eigenvalue weighted by Crippen LogP contribution is 2.29. The van der Waals surface area contributed by atoms with E-state index < -0.39 is 6.10 Å². The van der Waals surface area contributed by atoms with Crippen molar-refractivity contribution in [3.8, 4) is 5.75 Å². The molecule has 2 nitrogen and oxygen atoms in total. The molecule has 0 aliphatic carbocycles. The highest BCUT2D eigenvalue weighted by molar-refractivity contribution is 6.18. The zero-order valence-corrected chi connectivity index (χ0v) is 8.57. The van der Waals surface area contributed by atoms with E-state index in [4.69, 9.17) is 16.3 Å². The van der Waals surface area contributed by atoms with E-state index in [1.54, 1.807) is 0 Å². The SMILES string of the molecule is O[C@@H](CCl)C[C@H]1Cc2ccccc2O1. The summed E-state index contributed by atoms with van der Waals surface area (Å²) in [6.07, 6.45) is 1.11. The zero-order chi connectivity index (χ0) is 9.97. The second kappa shape index (κ2) is 4.20. The molecular formula is C11H13ClO2. The fraction of sp³-hybridized carbons (Fsp3) is 0.455.